The van der Waals surface area contributed by atoms with Gasteiger partial charge in [0.2, 0.25) is 0 Å². The van der Waals surface area contributed by atoms with Gasteiger partial charge >= 0.3 is 5.97 Å². The summed E-state index contributed by atoms with van der Waals surface area (Å²) in [5.41, 5.74) is 1.30. The smallest absolute Gasteiger partial charge is 0.350 e. The predicted molar refractivity (Wildman–Crippen MR) is 118 cm³/mol. The van der Waals surface area contributed by atoms with Crippen LogP contribution in [0, 0.1) is 13.8 Å². The molecule has 1 N–H and O–H groups in total. The van der Waals surface area contributed by atoms with E-state index in [-0.39, 0.29) is 11.5 Å². The minimum Gasteiger partial charge on any atom is -0.508 e. The zero-order chi connectivity index (χ0) is 22.7. The monoisotopic (exact) mass is 410 g/mol. The molecule has 0 aliphatic rings. The molecule has 0 aromatic heterocycles. The van der Waals surface area contributed by atoms with E-state index in [2.05, 4.69) is 0 Å². The van der Waals surface area contributed by atoms with Crippen molar-refractivity contribution in [1.82, 2.24) is 0 Å². The van der Waals surface area contributed by atoms with E-state index in [1.807, 2.05) is 46.8 Å². The van der Waals surface area contributed by atoms with E-state index in [9.17, 15) is 14.7 Å². The van der Waals surface area contributed by atoms with Gasteiger partial charge in [-0.3, -0.25) is 4.79 Å². The van der Waals surface area contributed by atoms with Crippen molar-refractivity contribution in [2.45, 2.75) is 59.7 Å². The van der Waals surface area contributed by atoms with Crippen LogP contribution in [0.1, 0.15) is 61.7 Å². The zero-order valence-corrected chi connectivity index (χ0v) is 18.7. The van der Waals surface area contributed by atoms with Crippen LogP contribution in [-0.4, -0.2) is 28.1 Å². The number of allylic oxidation sites excluding steroid dienone is 1. The standard InChI is InChI=1S/C25H30O5/c1-16-14-18(8-13-21(27)19-9-11-20(26)12-10-19)15-17(2)22(16)29-25(6,7)23(28)30-24(3,4)5/h8-15,26H,1-7H3. The van der Waals surface area contributed by atoms with Gasteiger partial charge in [0.25, 0.3) is 0 Å². The number of ketones is 1. The van der Waals surface area contributed by atoms with Gasteiger partial charge in [-0.15, -0.1) is 0 Å². The molecule has 5 nitrogen and oxygen atoms in total. The molecule has 0 fully saturated rings. The molecule has 0 atom stereocenters. The molecule has 2 aromatic rings. The number of benzene rings is 2. The molecule has 30 heavy (non-hydrogen) atoms. The highest BCUT2D eigenvalue weighted by molar-refractivity contribution is 6.06. The Morgan fingerprint density at radius 3 is 1.97 bits per heavy atom. The molecule has 0 aliphatic carbocycles. The number of aromatic hydroxyl groups is 1. The van der Waals surface area contributed by atoms with Crippen LogP contribution >= 0.6 is 0 Å². The van der Waals surface area contributed by atoms with E-state index >= 15 is 0 Å². The maximum Gasteiger partial charge on any atom is 0.350 e. The van der Waals surface area contributed by atoms with Crippen molar-refractivity contribution in [2.75, 3.05) is 0 Å². The first-order valence-electron chi connectivity index (χ1n) is 9.84. The number of aryl methyl sites for hydroxylation is 2. The highest BCUT2D eigenvalue weighted by Gasteiger charge is 2.35. The van der Waals surface area contributed by atoms with Gasteiger partial charge in [0, 0.05) is 5.56 Å². The number of carbonyl (C=O) groups is 2. The van der Waals surface area contributed by atoms with Crippen molar-refractivity contribution >= 4 is 17.8 Å². The summed E-state index contributed by atoms with van der Waals surface area (Å²) in [4.78, 5) is 24.8. The fourth-order valence-corrected chi connectivity index (χ4v) is 2.83. The minimum absolute atomic E-state index is 0.117. The molecule has 160 valence electrons. The van der Waals surface area contributed by atoms with Crippen LogP contribution in [0.2, 0.25) is 0 Å². The van der Waals surface area contributed by atoms with Crippen LogP contribution in [0.4, 0.5) is 0 Å². The van der Waals surface area contributed by atoms with E-state index in [0.29, 0.717) is 11.3 Å². The van der Waals surface area contributed by atoms with Crippen molar-refractivity contribution < 1.29 is 24.2 Å². The molecule has 0 unspecified atom stereocenters. The Kier molecular flexibility index (Phi) is 6.76. The van der Waals surface area contributed by atoms with Gasteiger partial charge in [-0.2, -0.15) is 0 Å². The van der Waals surface area contributed by atoms with Gasteiger partial charge in [-0.05, 0) is 108 Å². The van der Waals surface area contributed by atoms with Crippen LogP contribution in [0.5, 0.6) is 11.5 Å². The molecule has 2 aromatic carbocycles. The van der Waals surface area contributed by atoms with E-state index in [4.69, 9.17) is 9.47 Å². The topological polar surface area (TPSA) is 72.8 Å². The average Bonchev–Trinajstić information content (AvgIpc) is 2.62. The molecule has 0 spiro atoms. The maximum atomic E-state index is 12.5. The molecular formula is C25H30O5. The van der Waals surface area contributed by atoms with Gasteiger partial charge in [0.05, 0.1) is 0 Å². The van der Waals surface area contributed by atoms with Crippen molar-refractivity contribution in [3.8, 4) is 11.5 Å². The fraction of sp³-hybridized carbons (Fsp3) is 0.360. The second-order valence-corrected chi connectivity index (χ2v) is 8.84. The molecule has 0 radical (unpaired) electrons. The summed E-state index contributed by atoms with van der Waals surface area (Å²) in [5.74, 6) is 0.147. The lowest BCUT2D eigenvalue weighted by Crippen LogP contribution is -2.43. The Hall–Kier alpha value is -3.08. The van der Waals surface area contributed by atoms with Crippen molar-refractivity contribution in [3.05, 3.63) is 64.7 Å². The Morgan fingerprint density at radius 1 is 0.933 bits per heavy atom. The first-order chi connectivity index (χ1) is 13.8. The molecular weight excluding hydrogens is 380 g/mol. The Labute approximate surface area is 178 Å². The third kappa shape index (κ3) is 6.21. The maximum absolute atomic E-state index is 12.5. The quantitative estimate of drug-likeness (QED) is 0.392. The second kappa shape index (κ2) is 8.74. The number of hydrogen-bond donors (Lipinski definition) is 1. The normalized spacial score (nSPS) is 12.1. The van der Waals surface area contributed by atoms with Crippen LogP contribution in [-0.2, 0) is 9.53 Å². The Morgan fingerprint density at radius 2 is 1.47 bits per heavy atom. The van der Waals surface area contributed by atoms with Crippen LogP contribution in [0.25, 0.3) is 6.08 Å². The van der Waals surface area contributed by atoms with Gasteiger partial charge < -0.3 is 14.6 Å². The van der Waals surface area contributed by atoms with Gasteiger partial charge in [-0.1, -0.05) is 6.08 Å². The van der Waals surface area contributed by atoms with Crippen molar-refractivity contribution in [2.24, 2.45) is 0 Å². The summed E-state index contributed by atoms with van der Waals surface area (Å²) < 4.78 is 11.5. The van der Waals surface area contributed by atoms with Crippen LogP contribution < -0.4 is 4.74 Å². The average molecular weight is 411 g/mol. The lowest BCUT2D eigenvalue weighted by Gasteiger charge is -2.30. The van der Waals surface area contributed by atoms with Gasteiger partial charge in [0.1, 0.15) is 17.1 Å². The molecule has 2 rings (SSSR count). The van der Waals surface area contributed by atoms with E-state index in [1.165, 1.54) is 18.2 Å². The summed E-state index contributed by atoms with van der Waals surface area (Å²) in [6.07, 6.45) is 3.23. The first kappa shape index (κ1) is 23.2. The summed E-state index contributed by atoms with van der Waals surface area (Å²) >= 11 is 0. The van der Waals surface area contributed by atoms with Gasteiger partial charge in [0.15, 0.2) is 11.4 Å². The van der Waals surface area contributed by atoms with Crippen LogP contribution in [0.3, 0.4) is 0 Å². The van der Waals surface area contributed by atoms with E-state index < -0.39 is 17.2 Å². The molecule has 0 saturated carbocycles. The SMILES string of the molecule is Cc1cc(C=CC(=O)c2ccc(O)cc2)cc(C)c1OC(C)(C)C(=O)OC(C)(C)C. The highest BCUT2D eigenvalue weighted by Crippen LogP contribution is 2.30. The van der Waals surface area contributed by atoms with E-state index in [1.54, 1.807) is 32.1 Å². The fourth-order valence-electron chi connectivity index (χ4n) is 2.83. The molecule has 0 amide bonds. The summed E-state index contributed by atoms with van der Waals surface area (Å²) in [6.45, 7) is 12.6. The second-order valence-electron chi connectivity index (χ2n) is 8.84. The molecule has 5 heteroatoms. The lowest BCUT2D eigenvalue weighted by atomic mass is 10.0. The van der Waals surface area contributed by atoms with Crippen molar-refractivity contribution in [1.29, 1.82) is 0 Å². The number of carbonyl (C=O) groups excluding carboxylic acids is 2. The molecule has 0 saturated heterocycles. The highest BCUT2D eigenvalue weighted by atomic mass is 16.6. The summed E-state index contributed by atoms with van der Waals surface area (Å²) in [5, 5.41) is 9.33. The van der Waals surface area contributed by atoms with Gasteiger partial charge in [-0.25, -0.2) is 4.79 Å². The molecule has 0 aliphatic heterocycles. The minimum atomic E-state index is -1.14. The number of ether oxygens (including phenoxy) is 2. The Bertz CT molecular complexity index is 937. The number of phenolic OH excluding ortho intramolecular Hbond substituents is 1. The lowest BCUT2D eigenvalue weighted by molar-refractivity contribution is -0.171. The number of phenols is 1. The summed E-state index contributed by atoms with van der Waals surface area (Å²) in [6, 6.07) is 9.91. The number of rotatable bonds is 6. The molecule has 0 heterocycles. The van der Waals surface area contributed by atoms with E-state index in [0.717, 1.165) is 16.7 Å². The zero-order valence-electron chi connectivity index (χ0n) is 18.7. The molecule has 0 bridgehead atoms. The Balaban J connectivity index is 2.19. The largest absolute Gasteiger partial charge is 0.508 e. The first-order valence-corrected chi connectivity index (χ1v) is 9.84. The van der Waals surface area contributed by atoms with Crippen LogP contribution in [0.15, 0.2) is 42.5 Å². The number of hydrogen-bond acceptors (Lipinski definition) is 5. The number of esters is 1. The summed E-state index contributed by atoms with van der Waals surface area (Å²) in [7, 11) is 0. The van der Waals surface area contributed by atoms with Crippen molar-refractivity contribution in [3.63, 3.8) is 0 Å². The predicted octanol–water partition coefficient (Wildman–Crippen LogP) is 5.40. The third-order valence-electron chi connectivity index (χ3n) is 4.31. The third-order valence-corrected chi connectivity index (χ3v) is 4.31.